The molecule has 1 aliphatic heterocycles. The minimum absolute atomic E-state index is 0. The number of piperidine rings is 1. The summed E-state index contributed by atoms with van der Waals surface area (Å²) in [7, 11) is 0. The summed E-state index contributed by atoms with van der Waals surface area (Å²) in [5.74, 6) is 1.47. The molecule has 0 amide bonds. The Morgan fingerprint density at radius 3 is 2.43 bits per heavy atom. The highest BCUT2D eigenvalue weighted by atomic mass is 127. The summed E-state index contributed by atoms with van der Waals surface area (Å²) < 4.78 is 5.83. The number of guanidine groups is 1. The van der Waals surface area contributed by atoms with E-state index in [0.29, 0.717) is 12.0 Å². The molecule has 1 unspecified atom stereocenters. The van der Waals surface area contributed by atoms with Gasteiger partial charge in [-0.2, -0.15) is 0 Å². The Morgan fingerprint density at radius 1 is 1.18 bits per heavy atom. The van der Waals surface area contributed by atoms with Gasteiger partial charge in [-0.3, -0.25) is 4.99 Å². The van der Waals surface area contributed by atoms with Gasteiger partial charge >= 0.3 is 0 Å². The van der Waals surface area contributed by atoms with Crippen molar-refractivity contribution in [3.8, 4) is 0 Å². The molecule has 5 nitrogen and oxygen atoms in total. The number of ether oxygens (including phenoxy) is 1. The van der Waals surface area contributed by atoms with Crippen LogP contribution in [-0.2, 0) is 4.74 Å². The van der Waals surface area contributed by atoms with Gasteiger partial charge in [0.2, 0.25) is 0 Å². The van der Waals surface area contributed by atoms with E-state index < -0.39 is 0 Å². The van der Waals surface area contributed by atoms with Crippen molar-refractivity contribution in [2.75, 3.05) is 37.7 Å². The lowest BCUT2D eigenvalue weighted by atomic mass is 10.0. The molecule has 0 aliphatic carbocycles. The van der Waals surface area contributed by atoms with Crippen LogP contribution < -0.4 is 15.5 Å². The highest BCUT2D eigenvalue weighted by Crippen LogP contribution is 2.19. The largest absolute Gasteiger partial charge is 0.378 e. The predicted octanol–water partition coefficient (Wildman–Crippen LogP) is 4.28. The molecule has 1 atom stereocenters. The van der Waals surface area contributed by atoms with Gasteiger partial charge in [0.1, 0.15) is 0 Å². The summed E-state index contributed by atoms with van der Waals surface area (Å²) in [5.41, 5.74) is 1.33. The molecule has 0 spiro atoms. The normalized spacial score (nSPS) is 16.6. The minimum Gasteiger partial charge on any atom is -0.378 e. The molecular weight excluding hydrogens is 463 g/mol. The van der Waals surface area contributed by atoms with Crippen LogP contribution >= 0.6 is 24.0 Å². The number of para-hydroxylation sites is 1. The molecule has 1 saturated heterocycles. The van der Waals surface area contributed by atoms with Gasteiger partial charge in [-0.05, 0) is 51.2 Å². The minimum atomic E-state index is 0. The highest BCUT2D eigenvalue weighted by molar-refractivity contribution is 14.0. The van der Waals surface area contributed by atoms with Crippen LogP contribution in [0.4, 0.5) is 5.69 Å². The summed E-state index contributed by atoms with van der Waals surface area (Å²) >= 11 is 0. The van der Waals surface area contributed by atoms with Crippen molar-refractivity contribution >= 4 is 35.6 Å². The summed E-state index contributed by atoms with van der Waals surface area (Å²) in [6, 6.07) is 11.2. The van der Waals surface area contributed by atoms with E-state index in [-0.39, 0.29) is 30.1 Å². The third-order valence-electron chi connectivity index (χ3n) is 5.11. The lowest BCUT2D eigenvalue weighted by Crippen LogP contribution is -2.48. The summed E-state index contributed by atoms with van der Waals surface area (Å²) in [6.45, 7) is 13.2. The first-order chi connectivity index (χ1) is 13.1. The SMILES string of the molecule is CCNC(=NCCC(OCC)C(C)C)NC1CCN(c2ccccc2)CC1.I. The number of aliphatic imine (C=N–C) groups is 1. The van der Waals surface area contributed by atoms with E-state index in [4.69, 9.17) is 9.73 Å². The van der Waals surface area contributed by atoms with Gasteiger partial charge in [-0.25, -0.2) is 0 Å². The van der Waals surface area contributed by atoms with Crippen LogP contribution in [-0.4, -0.2) is 50.9 Å². The van der Waals surface area contributed by atoms with Crippen LogP contribution in [0.2, 0.25) is 0 Å². The first kappa shape index (κ1) is 25.0. The van der Waals surface area contributed by atoms with E-state index in [1.807, 2.05) is 0 Å². The number of nitrogens with zero attached hydrogens (tertiary/aromatic N) is 2. The molecule has 6 heteroatoms. The Balaban J connectivity index is 0.00000392. The van der Waals surface area contributed by atoms with Crippen LogP contribution in [0.25, 0.3) is 0 Å². The maximum Gasteiger partial charge on any atom is 0.191 e. The van der Waals surface area contributed by atoms with Crippen molar-refractivity contribution in [2.45, 2.75) is 59.1 Å². The number of hydrogen-bond acceptors (Lipinski definition) is 3. The molecule has 1 fully saturated rings. The average Bonchev–Trinajstić information content (AvgIpc) is 2.68. The number of hydrogen-bond donors (Lipinski definition) is 2. The summed E-state index contributed by atoms with van der Waals surface area (Å²) in [5, 5.41) is 7.03. The van der Waals surface area contributed by atoms with Crippen LogP contribution in [0, 0.1) is 5.92 Å². The molecular formula is C22H39IN4O. The lowest BCUT2D eigenvalue weighted by Gasteiger charge is -2.34. The van der Waals surface area contributed by atoms with Crippen molar-refractivity contribution in [3.63, 3.8) is 0 Å². The Bertz CT molecular complexity index is 545. The molecule has 28 heavy (non-hydrogen) atoms. The molecule has 0 radical (unpaired) electrons. The second-order valence-corrected chi connectivity index (χ2v) is 7.53. The van der Waals surface area contributed by atoms with Crippen LogP contribution in [0.1, 0.15) is 47.0 Å². The Hall–Kier alpha value is -1.02. The molecule has 160 valence electrons. The number of anilines is 1. The smallest absolute Gasteiger partial charge is 0.191 e. The molecule has 1 aliphatic rings. The third-order valence-corrected chi connectivity index (χ3v) is 5.11. The molecule has 2 N–H and O–H groups in total. The Kier molecular flexibility index (Phi) is 12.5. The molecule has 1 aromatic carbocycles. The first-order valence-electron chi connectivity index (χ1n) is 10.6. The van der Waals surface area contributed by atoms with E-state index in [1.54, 1.807) is 0 Å². The fourth-order valence-corrected chi connectivity index (χ4v) is 3.56. The fourth-order valence-electron chi connectivity index (χ4n) is 3.56. The van der Waals surface area contributed by atoms with Crippen molar-refractivity contribution in [3.05, 3.63) is 30.3 Å². The van der Waals surface area contributed by atoms with E-state index in [9.17, 15) is 0 Å². The Labute approximate surface area is 188 Å². The number of rotatable bonds is 9. The van der Waals surface area contributed by atoms with Crippen molar-refractivity contribution in [2.24, 2.45) is 10.9 Å². The highest BCUT2D eigenvalue weighted by Gasteiger charge is 2.20. The second-order valence-electron chi connectivity index (χ2n) is 7.53. The van der Waals surface area contributed by atoms with E-state index in [0.717, 1.165) is 58.0 Å². The molecule has 0 aromatic heterocycles. The van der Waals surface area contributed by atoms with Crippen LogP contribution in [0.15, 0.2) is 35.3 Å². The van der Waals surface area contributed by atoms with Crippen molar-refractivity contribution in [1.82, 2.24) is 10.6 Å². The number of nitrogens with one attached hydrogen (secondary N) is 2. The van der Waals surface area contributed by atoms with Gasteiger partial charge in [-0.15, -0.1) is 24.0 Å². The van der Waals surface area contributed by atoms with Gasteiger partial charge in [0.05, 0.1) is 6.10 Å². The van der Waals surface area contributed by atoms with Crippen molar-refractivity contribution < 1.29 is 4.74 Å². The quantitative estimate of drug-likeness (QED) is 0.301. The topological polar surface area (TPSA) is 48.9 Å². The van der Waals surface area contributed by atoms with Gasteiger partial charge in [0.25, 0.3) is 0 Å². The standard InChI is InChI=1S/C22H38N4O.HI/c1-5-23-22(24-15-12-21(18(3)4)27-6-2)25-19-13-16-26(17-14-19)20-10-8-7-9-11-20;/h7-11,18-19,21H,5-6,12-17H2,1-4H3,(H2,23,24,25);1H. The third kappa shape index (κ3) is 8.55. The zero-order valence-corrected chi connectivity index (χ0v) is 20.3. The van der Waals surface area contributed by atoms with E-state index >= 15 is 0 Å². The summed E-state index contributed by atoms with van der Waals surface area (Å²) in [6.07, 6.45) is 3.52. The lowest BCUT2D eigenvalue weighted by molar-refractivity contribution is 0.0266. The van der Waals surface area contributed by atoms with Gasteiger partial charge in [0, 0.05) is 44.5 Å². The first-order valence-corrected chi connectivity index (χ1v) is 10.6. The van der Waals surface area contributed by atoms with Crippen molar-refractivity contribution in [1.29, 1.82) is 0 Å². The second kappa shape index (κ2) is 14.0. The maximum absolute atomic E-state index is 5.83. The number of halogens is 1. The molecule has 0 bridgehead atoms. The average molecular weight is 502 g/mol. The Morgan fingerprint density at radius 2 is 1.86 bits per heavy atom. The predicted molar refractivity (Wildman–Crippen MR) is 131 cm³/mol. The molecule has 0 saturated carbocycles. The molecule has 1 aromatic rings. The van der Waals surface area contributed by atoms with E-state index in [1.165, 1.54) is 5.69 Å². The monoisotopic (exact) mass is 502 g/mol. The zero-order chi connectivity index (χ0) is 19.5. The molecule has 2 rings (SSSR count). The zero-order valence-electron chi connectivity index (χ0n) is 18.0. The molecule has 1 heterocycles. The fraction of sp³-hybridized carbons (Fsp3) is 0.682. The van der Waals surface area contributed by atoms with Crippen LogP contribution in [0.5, 0.6) is 0 Å². The summed E-state index contributed by atoms with van der Waals surface area (Å²) in [4.78, 5) is 7.26. The van der Waals surface area contributed by atoms with Crippen LogP contribution in [0.3, 0.4) is 0 Å². The van der Waals surface area contributed by atoms with E-state index in [2.05, 4.69) is 73.6 Å². The van der Waals surface area contributed by atoms with Gasteiger partial charge in [-0.1, -0.05) is 32.0 Å². The van der Waals surface area contributed by atoms with Gasteiger partial charge in [0.15, 0.2) is 5.96 Å². The maximum atomic E-state index is 5.83. The number of benzene rings is 1. The van der Waals surface area contributed by atoms with Gasteiger partial charge < -0.3 is 20.3 Å².